The van der Waals surface area contributed by atoms with Crippen molar-refractivity contribution in [3.05, 3.63) is 39.3 Å². The van der Waals surface area contributed by atoms with E-state index in [0.29, 0.717) is 44.9 Å². The van der Waals surface area contributed by atoms with Crippen molar-refractivity contribution in [1.29, 1.82) is 0 Å². The van der Waals surface area contributed by atoms with Gasteiger partial charge in [0.2, 0.25) is 5.91 Å². The van der Waals surface area contributed by atoms with Crippen LogP contribution < -0.4 is 20.3 Å². The van der Waals surface area contributed by atoms with Crippen LogP contribution in [0.2, 0.25) is 5.02 Å². The van der Waals surface area contributed by atoms with E-state index in [1.54, 1.807) is 16.7 Å². The number of anilines is 1. The number of carbonyl (C=O) groups excluding carboxylic acids is 1. The number of amides is 1. The zero-order valence-electron chi connectivity index (χ0n) is 17.9. The normalized spacial score (nSPS) is 11.0. The standard InChI is InChI=1S/C21H25ClN4O4S/c1-5-6-7-26-20(28)19-15(8-12(2)23-19)25-21(26)31-11-18(27)24-14-9-13(22)16(29-3)10-17(14)30-4/h8-10,23H,5-7,11H2,1-4H3,(H,24,27). The third-order valence-corrected chi connectivity index (χ3v) is 5.92. The minimum absolute atomic E-state index is 0.0697. The van der Waals surface area contributed by atoms with Crippen LogP contribution >= 0.6 is 23.4 Å². The third kappa shape index (κ3) is 5.16. The number of aromatic amines is 1. The molecular weight excluding hydrogens is 440 g/mol. The van der Waals surface area contributed by atoms with Gasteiger partial charge >= 0.3 is 0 Å². The quantitative estimate of drug-likeness (QED) is 0.363. The molecule has 1 aromatic carbocycles. The highest BCUT2D eigenvalue weighted by Crippen LogP contribution is 2.36. The molecule has 0 fully saturated rings. The number of carbonyl (C=O) groups is 1. The molecule has 0 spiro atoms. The number of aryl methyl sites for hydroxylation is 1. The molecule has 0 saturated carbocycles. The van der Waals surface area contributed by atoms with Gasteiger partial charge in [0.05, 0.1) is 36.2 Å². The summed E-state index contributed by atoms with van der Waals surface area (Å²) in [5.41, 5.74) is 2.26. The minimum atomic E-state index is -0.272. The SMILES string of the molecule is CCCCn1c(SCC(=O)Nc2cc(Cl)c(OC)cc2OC)nc2cc(C)[nH]c2c1=O. The molecule has 0 aliphatic rings. The lowest BCUT2D eigenvalue weighted by molar-refractivity contribution is -0.113. The molecule has 0 unspecified atom stereocenters. The Hall–Kier alpha value is -2.65. The lowest BCUT2D eigenvalue weighted by atomic mass is 10.2. The summed E-state index contributed by atoms with van der Waals surface area (Å²) < 4.78 is 12.1. The number of hydrogen-bond acceptors (Lipinski definition) is 6. The number of aromatic nitrogens is 3. The van der Waals surface area contributed by atoms with Crippen molar-refractivity contribution in [2.45, 2.75) is 38.4 Å². The molecular formula is C21H25ClN4O4S. The number of halogens is 1. The van der Waals surface area contributed by atoms with Crippen LogP contribution in [0.4, 0.5) is 5.69 Å². The van der Waals surface area contributed by atoms with E-state index in [4.69, 9.17) is 21.1 Å². The highest BCUT2D eigenvalue weighted by atomic mass is 35.5. The summed E-state index contributed by atoms with van der Waals surface area (Å²) in [5.74, 6) is 0.679. The number of rotatable bonds is 9. The Kier molecular flexibility index (Phi) is 7.50. The van der Waals surface area contributed by atoms with Crippen LogP contribution in [-0.4, -0.2) is 40.4 Å². The van der Waals surface area contributed by atoms with Gasteiger partial charge in [-0.1, -0.05) is 36.7 Å². The van der Waals surface area contributed by atoms with Crippen LogP contribution in [0, 0.1) is 6.92 Å². The number of thioether (sulfide) groups is 1. The van der Waals surface area contributed by atoms with Gasteiger partial charge in [-0.25, -0.2) is 4.98 Å². The number of benzene rings is 1. The second kappa shape index (κ2) is 10.1. The first kappa shape index (κ1) is 23.0. The van der Waals surface area contributed by atoms with Crippen LogP contribution in [0.15, 0.2) is 28.2 Å². The van der Waals surface area contributed by atoms with Gasteiger partial charge in [-0.3, -0.25) is 14.2 Å². The Labute approximate surface area is 189 Å². The number of hydrogen-bond donors (Lipinski definition) is 2. The zero-order chi connectivity index (χ0) is 22.5. The Morgan fingerprint density at radius 1 is 1.26 bits per heavy atom. The molecule has 3 aromatic rings. The van der Waals surface area contributed by atoms with E-state index in [2.05, 4.69) is 22.2 Å². The van der Waals surface area contributed by atoms with Crippen molar-refractivity contribution in [2.24, 2.45) is 0 Å². The number of fused-ring (bicyclic) bond motifs is 1. The fourth-order valence-corrected chi connectivity index (χ4v) is 4.17. The van der Waals surface area contributed by atoms with Gasteiger partial charge in [-0.2, -0.15) is 0 Å². The number of nitrogens with zero attached hydrogens (tertiary/aromatic N) is 2. The van der Waals surface area contributed by atoms with E-state index in [0.717, 1.165) is 18.5 Å². The van der Waals surface area contributed by atoms with Crippen LogP contribution in [-0.2, 0) is 11.3 Å². The highest BCUT2D eigenvalue weighted by molar-refractivity contribution is 7.99. The lowest BCUT2D eigenvalue weighted by Crippen LogP contribution is -2.24. The Balaban J connectivity index is 1.81. The molecule has 2 N–H and O–H groups in total. The van der Waals surface area contributed by atoms with Crippen LogP contribution in [0.5, 0.6) is 11.5 Å². The summed E-state index contributed by atoms with van der Waals surface area (Å²) >= 11 is 7.39. The first-order chi connectivity index (χ1) is 14.9. The predicted molar refractivity (Wildman–Crippen MR) is 124 cm³/mol. The molecule has 0 radical (unpaired) electrons. The fraction of sp³-hybridized carbons (Fsp3) is 0.381. The second-order valence-corrected chi connectivity index (χ2v) is 8.29. The largest absolute Gasteiger partial charge is 0.495 e. The average Bonchev–Trinajstić information content (AvgIpc) is 3.12. The maximum absolute atomic E-state index is 12.9. The summed E-state index contributed by atoms with van der Waals surface area (Å²) in [6.07, 6.45) is 1.78. The van der Waals surface area contributed by atoms with Gasteiger partial charge in [0.25, 0.3) is 5.56 Å². The van der Waals surface area contributed by atoms with E-state index in [1.807, 2.05) is 13.0 Å². The van der Waals surface area contributed by atoms with Crippen molar-refractivity contribution in [3.63, 3.8) is 0 Å². The summed E-state index contributed by atoms with van der Waals surface area (Å²) in [6.45, 7) is 4.48. The molecule has 0 aliphatic heterocycles. The predicted octanol–water partition coefficient (Wildman–Crippen LogP) is 4.23. The zero-order valence-corrected chi connectivity index (χ0v) is 19.4. The molecule has 8 nitrogen and oxygen atoms in total. The summed E-state index contributed by atoms with van der Waals surface area (Å²) in [4.78, 5) is 33.2. The van der Waals surface area contributed by atoms with Crippen molar-refractivity contribution < 1.29 is 14.3 Å². The van der Waals surface area contributed by atoms with Crippen molar-refractivity contribution in [2.75, 3.05) is 25.3 Å². The molecule has 3 rings (SSSR count). The Morgan fingerprint density at radius 2 is 2.00 bits per heavy atom. The summed E-state index contributed by atoms with van der Waals surface area (Å²) in [6, 6.07) is 5.01. The van der Waals surface area contributed by atoms with Gasteiger partial charge in [0.1, 0.15) is 17.0 Å². The topological polar surface area (TPSA) is 98.2 Å². The first-order valence-corrected chi connectivity index (χ1v) is 11.2. The molecule has 1 amide bonds. The van der Waals surface area contributed by atoms with Crippen molar-refractivity contribution in [1.82, 2.24) is 14.5 Å². The van der Waals surface area contributed by atoms with Crippen molar-refractivity contribution in [3.8, 4) is 11.5 Å². The van der Waals surface area contributed by atoms with Gasteiger partial charge in [0.15, 0.2) is 5.16 Å². The van der Waals surface area contributed by atoms with E-state index >= 15 is 0 Å². The molecule has 166 valence electrons. The van der Waals surface area contributed by atoms with Gasteiger partial charge in [-0.15, -0.1) is 0 Å². The second-order valence-electron chi connectivity index (χ2n) is 6.94. The van der Waals surface area contributed by atoms with Crippen LogP contribution in [0.25, 0.3) is 11.0 Å². The van der Waals surface area contributed by atoms with Crippen LogP contribution in [0.1, 0.15) is 25.5 Å². The number of unbranched alkanes of at least 4 members (excludes halogenated alkanes) is 1. The molecule has 0 aliphatic carbocycles. The van der Waals surface area contributed by atoms with E-state index < -0.39 is 0 Å². The van der Waals surface area contributed by atoms with Gasteiger partial charge in [0, 0.05) is 18.3 Å². The molecule has 0 saturated heterocycles. The third-order valence-electron chi connectivity index (χ3n) is 4.65. The monoisotopic (exact) mass is 464 g/mol. The molecule has 2 heterocycles. The highest BCUT2D eigenvalue weighted by Gasteiger charge is 2.16. The number of nitrogens with one attached hydrogen (secondary N) is 2. The molecule has 31 heavy (non-hydrogen) atoms. The molecule has 2 aromatic heterocycles. The average molecular weight is 465 g/mol. The molecule has 0 atom stereocenters. The molecule has 10 heteroatoms. The maximum Gasteiger partial charge on any atom is 0.278 e. The first-order valence-electron chi connectivity index (χ1n) is 9.82. The maximum atomic E-state index is 12.9. The number of H-pyrrole nitrogens is 1. The fourth-order valence-electron chi connectivity index (χ4n) is 3.11. The molecule has 0 bridgehead atoms. The smallest absolute Gasteiger partial charge is 0.278 e. The van der Waals surface area contributed by atoms with E-state index in [9.17, 15) is 9.59 Å². The van der Waals surface area contributed by atoms with E-state index in [1.165, 1.54) is 26.0 Å². The van der Waals surface area contributed by atoms with Gasteiger partial charge in [-0.05, 0) is 25.5 Å². The number of methoxy groups -OCH3 is 2. The Bertz CT molecular complexity index is 1160. The van der Waals surface area contributed by atoms with Gasteiger partial charge < -0.3 is 19.8 Å². The van der Waals surface area contributed by atoms with E-state index in [-0.39, 0.29) is 17.2 Å². The Morgan fingerprint density at radius 3 is 2.68 bits per heavy atom. The number of ether oxygens (including phenoxy) is 2. The summed E-state index contributed by atoms with van der Waals surface area (Å²) in [5, 5.41) is 3.67. The van der Waals surface area contributed by atoms with Crippen molar-refractivity contribution >= 4 is 46.0 Å². The lowest BCUT2D eigenvalue weighted by Gasteiger charge is -2.14. The summed E-state index contributed by atoms with van der Waals surface area (Å²) in [7, 11) is 3.00. The van der Waals surface area contributed by atoms with Crippen LogP contribution in [0.3, 0.4) is 0 Å². The minimum Gasteiger partial charge on any atom is -0.495 e.